The molecule has 2 N–H and O–H groups in total. The molecule has 1 aromatic rings. The van der Waals surface area contributed by atoms with Crippen molar-refractivity contribution in [3.63, 3.8) is 0 Å². The van der Waals surface area contributed by atoms with Crippen molar-refractivity contribution < 1.29 is 32.6 Å². The second-order valence-corrected chi connectivity index (χ2v) is 4.80. The number of nitrogens with one attached hydrogen (secondary N) is 1. The zero-order valence-electron chi connectivity index (χ0n) is 12.6. The van der Waals surface area contributed by atoms with E-state index in [0.29, 0.717) is 0 Å². The maximum absolute atomic E-state index is 12.5. The molecule has 0 aromatic heterocycles. The van der Waals surface area contributed by atoms with Crippen LogP contribution in [0.15, 0.2) is 24.3 Å². The summed E-state index contributed by atoms with van der Waals surface area (Å²) in [5, 5.41) is 20.6. The van der Waals surface area contributed by atoms with Gasteiger partial charge < -0.3 is 15.2 Å². The van der Waals surface area contributed by atoms with Crippen molar-refractivity contribution in [3.05, 3.63) is 35.4 Å². The Morgan fingerprint density at radius 2 is 1.92 bits per heavy atom. The van der Waals surface area contributed by atoms with E-state index in [4.69, 9.17) is 5.26 Å². The third kappa shape index (κ3) is 5.24. The predicted molar refractivity (Wildman–Crippen MR) is 75.2 cm³/mol. The van der Waals surface area contributed by atoms with Crippen LogP contribution in [0.2, 0.25) is 0 Å². The number of aliphatic hydroxyl groups excluding tert-OH is 1. The fourth-order valence-electron chi connectivity index (χ4n) is 1.86. The van der Waals surface area contributed by atoms with Crippen molar-refractivity contribution in [1.82, 2.24) is 5.32 Å². The van der Waals surface area contributed by atoms with Crippen LogP contribution in [-0.2, 0) is 20.5 Å². The van der Waals surface area contributed by atoms with Gasteiger partial charge in [0.2, 0.25) is 0 Å². The number of hydrogen-bond acceptors (Lipinski definition) is 5. The van der Waals surface area contributed by atoms with Gasteiger partial charge in [0.05, 0.1) is 18.7 Å². The Kier molecular flexibility index (Phi) is 6.73. The molecule has 6 nitrogen and oxygen atoms in total. The lowest BCUT2D eigenvalue weighted by Crippen LogP contribution is -2.43. The molecule has 0 aliphatic heterocycles. The monoisotopic (exact) mass is 344 g/mol. The quantitative estimate of drug-likeness (QED) is 0.765. The Labute approximate surface area is 135 Å². The summed E-state index contributed by atoms with van der Waals surface area (Å²) in [6.07, 6.45) is -6.34. The second-order valence-electron chi connectivity index (χ2n) is 4.80. The number of carbonyl (C=O) groups excluding carboxylic acids is 2. The molecule has 24 heavy (non-hydrogen) atoms. The van der Waals surface area contributed by atoms with Gasteiger partial charge in [0.15, 0.2) is 6.10 Å². The maximum atomic E-state index is 12.5. The number of alkyl halides is 3. The van der Waals surface area contributed by atoms with Gasteiger partial charge in [-0.15, -0.1) is 0 Å². The van der Waals surface area contributed by atoms with Crippen LogP contribution < -0.4 is 5.32 Å². The Balaban J connectivity index is 2.82. The van der Waals surface area contributed by atoms with Crippen LogP contribution in [0, 0.1) is 11.3 Å². The normalized spacial score (nSPS) is 13.5. The van der Waals surface area contributed by atoms with Crippen molar-refractivity contribution in [3.8, 4) is 6.07 Å². The van der Waals surface area contributed by atoms with Crippen LogP contribution >= 0.6 is 0 Å². The molecular formula is C15H15F3N2O4. The van der Waals surface area contributed by atoms with E-state index in [1.54, 1.807) is 6.07 Å². The summed E-state index contributed by atoms with van der Waals surface area (Å²) >= 11 is 0. The van der Waals surface area contributed by atoms with Gasteiger partial charge in [-0.3, -0.25) is 4.79 Å². The molecule has 0 spiro atoms. The smallest absolute Gasteiger partial charge is 0.416 e. The van der Waals surface area contributed by atoms with Gasteiger partial charge in [0.25, 0.3) is 5.91 Å². The maximum Gasteiger partial charge on any atom is 0.416 e. The Bertz CT molecular complexity index is 623. The van der Waals surface area contributed by atoms with Gasteiger partial charge in [-0.05, 0) is 24.1 Å². The van der Waals surface area contributed by atoms with Crippen molar-refractivity contribution in [1.29, 1.82) is 5.26 Å². The first kappa shape index (κ1) is 19.4. The topological polar surface area (TPSA) is 99.4 Å². The average Bonchev–Trinajstić information content (AvgIpc) is 2.56. The minimum absolute atomic E-state index is 0.0192. The zero-order valence-corrected chi connectivity index (χ0v) is 12.6. The summed E-state index contributed by atoms with van der Waals surface area (Å²) in [7, 11) is 1.10. The fourth-order valence-corrected chi connectivity index (χ4v) is 1.86. The van der Waals surface area contributed by atoms with Crippen LogP contribution in [0.3, 0.4) is 0 Å². The summed E-state index contributed by atoms with van der Waals surface area (Å²) in [4.78, 5) is 23.5. The molecule has 0 unspecified atom stereocenters. The average molecular weight is 344 g/mol. The number of hydrogen-bond donors (Lipinski definition) is 2. The zero-order chi connectivity index (χ0) is 18.3. The standard InChI is InChI=1S/C15H15F3N2O4/c1-24-14(23)11(3-2-8-19)20-13(22)12(21)9-4-6-10(7-5-9)15(16,17)18/h4-7,11-12,21H,2-3H2,1H3,(H,20,22)/t11-,12-/m0/s1. The summed E-state index contributed by atoms with van der Waals surface area (Å²) in [6, 6.07) is 4.08. The highest BCUT2D eigenvalue weighted by Crippen LogP contribution is 2.29. The lowest BCUT2D eigenvalue weighted by molar-refractivity contribution is -0.146. The van der Waals surface area contributed by atoms with E-state index in [0.717, 1.165) is 31.4 Å². The number of ether oxygens (including phenoxy) is 1. The summed E-state index contributed by atoms with van der Waals surface area (Å²) in [5.74, 6) is -1.78. The number of nitrogens with zero attached hydrogens (tertiary/aromatic N) is 1. The first-order valence-corrected chi connectivity index (χ1v) is 6.81. The number of methoxy groups -OCH3 is 1. The van der Waals surface area contributed by atoms with Crippen LogP contribution in [0.25, 0.3) is 0 Å². The van der Waals surface area contributed by atoms with Gasteiger partial charge in [-0.2, -0.15) is 18.4 Å². The molecule has 1 amide bonds. The van der Waals surface area contributed by atoms with E-state index < -0.39 is 35.8 Å². The summed E-state index contributed by atoms with van der Waals surface area (Å²) < 4.78 is 41.9. The van der Waals surface area contributed by atoms with Crippen molar-refractivity contribution in [2.75, 3.05) is 7.11 Å². The van der Waals surface area contributed by atoms with Crippen molar-refractivity contribution >= 4 is 11.9 Å². The van der Waals surface area contributed by atoms with E-state index >= 15 is 0 Å². The highest BCUT2D eigenvalue weighted by Gasteiger charge is 2.31. The first-order valence-electron chi connectivity index (χ1n) is 6.81. The van der Waals surface area contributed by atoms with E-state index in [1.807, 2.05) is 0 Å². The number of halogens is 3. The highest BCUT2D eigenvalue weighted by molar-refractivity contribution is 5.87. The highest BCUT2D eigenvalue weighted by atomic mass is 19.4. The van der Waals surface area contributed by atoms with E-state index in [-0.39, 0.29) is 18.4 Å². The molecule has 1 aromatic carbocycles. The Hall–Kier alpha value is -2.60. The van der Waals surface area contributed by atoms with Gasteiger partial charge in [-0.1, -0.05) is 12.1 Å². The SMILES string of the molecule is COC(=O)[C@H](CCC#N)NC(=O)[C@@H](O)c1ccc(C(F)(F)F)cc1. The molecule has 0 saturated carbocycles. The summed E-state index contributed by atoms with van der Waals surface area (Å²) in [5.41, 5.74) is -0.982. The lowest BCUT2D eigenvalue weighted by Gasteiger charge is -2.18. The van der Waals surface area contributed by atoms with Crippen LogP contribution in [0.5, 0.6) is 0 Å². The van der Waals surface area contributed by atoms with Gasteiger partial charge in [0.1, 0.15) is 6.04 Å². The number of benzene rings is 1. The van der Waals surface area contributed by atoms with Crippen molar-refractivity contribution in [2.24, 2.45) is 0 Å². The van der Waals surface area contributed by atoms with E-state index in [9.17, 15) is 27.9 Å². The largest absolute Gasteiger partial charge is 0.467 e. The number of esters is 1. The molecule has 0 saturated heterocycles. The van der Waals surface area contributed by atoms with Gasteiger partial charge in [0, 0.05) is 6.42 Å². The third-order valence-corrected chi connectivity index (χ3v) is 3.15. The van der Waals surface area contributed by atoms with E-state index in [1.165, 1.54) is 0 Å². The molecule has 2 atom stereocenters. The molecule has 1 rings (SSSR count). The molecule has 0 radical (unpaired) electrons. The minimum Gasteiger partial charge on any atom is -0.467 e. The number of aliphatic hydroxyl groups is 1. The lowest BCUT2D eigenvalue weighted by atomic mass is 10.1. The second kappa shape index (κ2) is 8.31. The molecule has 130 valence electrons. The molecule has 0 aliphatic carbocycles. The van der Waals surface area contributed by atoms with Gasteiger partial charge >= 0.3 is 12.1 Å². The predicted octanol–water partition coefficient (Wildman–Crippen LogP) is 1.70. The minimum atomic E-state index is -4.53. The third-order valence-electron chi connectivity index (χ3n) is 3.15. The van der Waals surface area contributed by atoms with E-state index in [2.05, 4.69) is 10.1 Å². The molecule has 0 fully saturated rings. The first-order chi connectivity index (χ1) is 11.2. The number of rotatable bonds is 6. The number of nitriles is 1. The Morgan fingerprint density at radius 1 is 1.33 bits per heavy atom. The van der Waals surface area contributed by atoms with Gasteiger partial charge in [-0.25, -0.2) is 4.79 Å². The molecular weight excluding hydrogens is 329 g/mol. The number of amides is 1. The molecule has 0 bridgehead atoms. The van der Waals surface area contributed by atoms with Crippen LogP contribution in [0.4, 0.5) is 13.2 Å². The van der Waals surface area contributed by atoms with Crippen LogP contribution in [0.1, 0.15) is 30.1 Å². The number of carbonyl (C=O) groups is 2. The summed E-state index contributed by atoms with van der Waals surface area (Å²) in [6.45, 7) is 0. The fraction of sp³-hybridized carbons (Fsp3) is 0.400. The molecule has 0 aliphatic rings. The Morgan fingerprint density at radius 3 is 2.38 bits per heavy atom. The molecule has 9 heteroatoms. The molecule has 0 heterocycles. The van der Waals surface area contributed by atoms with Crippen molar-refractivity contribution in [2.45, 2.75) is 31.2 Å². The van der Waals surface area contributed by atoms with Crippen LogP contribution in [-0.4, -0.2) is 30.1 Å².